The van der Waals surface area contributed by atoms with Crippen LogP contribution in [0, 0.1) is 25.5 Å². The van der Waals surface area contributed by atoms with Crippen LogP contribution in [0.5, 0.6) is 0 Å². The van der Waals surface area contributed by atoms with Crippen molar-refractivity contribution in [3.05, 3.63) is 87.7 Å². The third kappa shape index (κ3) is 6.01. The normalized spacial score (nSPS) is 11.0. The van der Waals surface area contributed by atoms with Gasteiger partial charge in [-0.05, 0) is 37.6 Å². The molecule has 1 heterocycles. The van der Waals surface area contributed by atoms with Gasteiger partial charge in [0.05, 0.1) is 17.9 Å². The van der Waals surface area contributed by atoms with Crippen LogP contribution in [0.4, 0.5) is 14.5 Å². The lowest BCUT2D eigenvalue weighted by molar-refractivity contribution is -0.142. The first-order valence-corrected chi connectivity index (χ1v) is 9.99. The van der Waals surface area contributed by atoms with Crippen molar-refractivity contribution in [3.8, 4) is 0 Å². The number of amides is 1. The van der Waals surface area contributed by atoms with Gasteiger partial charge in [0.25, 0.3) is 5.91 Å². The number of carbonyl (C=O) groups is 2. The van der Waals surface area contributed by atoms with E-state index in [1.807, 2.05) is 31.2 Å². The average molecular weight is 460 g/mol. The Balaban J connectivity index is 1.57. The van der Waals surface area contributed by atoms with E-state index in [1.54, 1.807) is 11.6 Å². The Morgan fingerprint density at radius 3 is 2.56 bits per heavy atom. The predicted octanol–water partition coefficient (Wildman–Crippen LogP) is 4.67. The molecule has 0 aliphatic heterocycles. The lowest BCUT2D eigenvalue weighted by atomic mass is 10.1. The zero-order chi connectivity index (χ0) is 23.3. The number of hydrogen-bond acceptors (Lipinski definition) is 4. The second kappa shape index (κ2) is 10.2. The summed E-state index contributed by atoms with van der Waals surface area (Å²) in [7, 11) is 0. The highest BCUT2D eigenvalue weighted by molar-refractivity contribution is 6.31. The number of benzene rings is 2. The number of anilines is 1. The Bertz CT molecular complexity index is 1170. The number of nitrogens with zero attached hydrogens (tertiary/aromatic N) is 2. The molecule has 0 radical (unpaired) electrons. The first-order valence-electron chi connectivity index (χ1n) is 9.61. The van der Waals surface area contributed by atoms with Crippen LogP contribution in [-0.4, -0.2) is 28.3 Å². The highest BCUT2D eigenvalue weighted by Gasteiger charge is 2.13. The van der Waals surface area contributed by atoms with Crippen molar-refractivity contribution in [2.45, 2.75) is 20.4 Å². The number of nitrogens with one attached hydrogen (secondary N) is 1. The molecule has 0 saturated carbocycles. The number of aromatic nitrogens is 2. The average Bonchev–Trinajstić information content (AvgIpc) is 3.01. The third-order valence-electron chi connectivity index (χ3n) is 4.50. The molecule has 3 aromatic rings. The van der Waals surface area contributed by atoms with Gasteiger partial charge >= 0.3 is 5.97 Å². The highest BCUT2D eigenvalue weighted by Crippen LogP contribution is 2.22. The minimum absolute atomic E-state index is 0.216. The van der Waals surface area contributed by atoms with Crippen LogP contribution < -0.4 is 5.32 Å². The largest absolute Gasteiger partial charge is 0.452 e. The minimum atomic E-state index is -0.933. The Morgan fingerprint density at radius 1 is 1.16 bits per heavy atom. The molecule has 32 heavy (non-hydrogen) atoms. The van der Waals surface area contributed by atoms with Gasteiger partial charge in [-0.25, -0.2) is 18.3 Å². The van der Waals surface area contributed by atoms with Crippen LogP contribution >= 0.6 is 11.6 Å². The summed E-state index contributed by atoms with van der Waals surface area (Å²) < 4.78 is 32.9. The Labute approximate surface area is 188 Å². The molecule has 2 aromatic carbocycles. The molecule has 1 amide bonds. The SMILES string of the molecule is Cc1ccc(Cn2nc(C)c(/C=C/C(=O)OCC(=O)Nc3ccc(F)cc3F)c2Cl)cc1. The highest BCUT2D eigenvalue weighted by atomic mass is 35.5. The van der Waals surface area contributed by atoms with Gasteiger partial charge in [0.2, 0.25) is 0 Å². The van der Waals surface area contributed by atoms with Gasteiger partial charge in [-0.1, -0.05) is 41.4 Å². The summed E-state index contributed by atoms with van der Waals surface area (Å²) in [5.74, 6) is -3.26. The molecule has 0 unspecified atom stereocenters. The van der Waals surface area contributed by atoms with Gasteiger partial charge in [-0.2, -0.15) is 5.10 Å². The third-order valence-corrected chi connectivity index (χ3v) is 4.90. The Hall–Kier alpha value is -3.52. The lowest BCUT2D eigenvalue weighted by Crippen LogP contribution is -2.20. The van der Waals surface area contributed by atoms with Crippen LogP contribution in [0.15, 0.2) is 48.5 Å². The maximum Gasteiger partial charge on any atom is 0.331 e. The monoisotopic (exact) mass is 459 g/mol. The molecule has 0 aliphatic rings. The summed E-state index contributed by atoms with van der Waals surface area (Å²) in [4.78, 5) is 23.8. The molecule has 0 atom stereocenters. The maximum absolute atomic E-state index is 13.6. The van der Waals surface area contributed by atoms with Gasteiger partial charge < -0.3 is 10.1 Å². The fourth-order valence-corrected chi connectivity index (χ4v) is 3.14. The van der Waals surface area contributed by atoms with Gasteiger partial charge in [-0.3, -0.25) is 4.79 Å². The van der Waals surface area contributed by atoms with E-state index < -0.39 is 30.1 Å². The van der Waals surface area contributed by atoms with E-state index in [1.165, 1.54) is 6.08 Å². The van der Waals surface area contributed by atoms with Gasteiger partial charge in [-0.15, -0.1) is 0 Å². The zero-order valence-electron chi connectivity index (χ0n) is 17.4. The van der Waals surface area contributed by atoms with Crippen molar-refractivity contribution in [2.24, 2.45) is 0 Å². The quantitative estimate of drug-likeness (QED) is 0.411. The molecule has 6 nitrogen and oxygen atoms in total. The molecule has 1 N–H and O–H groups in total. The summed E-state index contributed by atoms with van der Waals surface area (Å²) >= 11 is 6.41. The van der Waals surface area contributed by atoms with E-state index in [9.17, 15) is 18.4 Å². The van der Waals surface area contributed by atoms with Crippen molar-refractivity contribution in [2.75, 3.05) is 11.9 Å². The van der Waals surface area contributed by atoms with Crippen LogP contribution in [0.2, 0.25) is 5.15 Å². The van der Waals surface area contributed by atoms with Gasteiger partial charge in [0, 0.05) is 17.7 Å². The minimum Gasteiger partial charge on any atom is -0.452 e. The van der Waals surface area contributed by atoms with Crippen LogP contribution in [0.3, 0.4) is 0 Å². The predicted molar refractivity (Wildman–Crippen MR) is 117 cm³/mol. The van der Waals surface area contributed by atoms with Crippen molar-refractivity contribution < 1.29 is 23.1 Å². The first kappa shape index (κ1) is 23.1. The number of rotatable bonds is 7. The van der Waals surface area contributed by atoms with E-state index in [0.717, 1.165) is 29.3 Å². The molecule has 0 saturated heterocycles. The number of halogens is 3. The van der Waals surface area contributed by atoms with E-state index in [-0.39, 0.29) is 5.69 Å². The molecule has 0 aliphatic carbocycles. The molecular weight excluding hydrogens is 440 g/mol. The number of hydrogen-bond donors (Lipinski definition) is 1. The van der Waals surface area contributed by atoms with Crippen molar-refractivity contribution in [1.82, 2.24) is 9.78 Å². The van der Waals surface area contributed by atoms with Gasteiger partial charge in [0.15, 0.2) is 6.61 Å². The molecule has 9 heteroatoms. The second-order valence-electron chi connectivity index (χ2n) is 7.05. The lowest BCUT2D eigenvalue weighted by Gasteiger charge is -2.06. The summed E-state index contributed by atoms with van der Waals surface area (Å²) in [6.45, 7) is 3.59. The number of esters is 1. The van der Waals surface area contributed by atoms with Crippen LogP contribution in [0.25, 0.3) is 6.08 Å². The Morgan fingerprint density at radius 2 is 1.88 bits per heavy atom. The molecule has 3 rings (SSSR count). The molecule has 0 bridgehead atoms. The molecule has 0 fully saturated rings. The van der Waals surface area contributed by atoms with E-state index in [2.05, 4.69) is 10.4 Å². The topological polar surface area (TPSA) is 73.2 Å². The van der Waals surface area contributed by atoms with E-state index >= 15 is 0 Å². The van der Waals surface area contributed by atoms with Crippen molar-refractivity contribution in [1.29, 1.82) is 0 Å². The van der Waals surface area contributed by atoms with Crippen LogP contribution in [-0.2, 0) is 20.9 Å². The molecule has 166 valence electrons. The summed E-state index contributed by atoms with van der Waals surface area (Å²) in [6.07, 6.45) is 2.58. The van der Waals surface area contributed by atoms with E-state index in [4.69, 9.17) is 16.3 Å². The summed E-state index contributed by atoms with van der Waals surface area (Å²) in [5, 5.41) is 6.95. The molecule has 1 aromatic heterocycles. The molecule has 0 spiro atoms. The molecular formula is C23H20ClF2N3O3. The van der Waals surface area contributed by atoms with E-state index in [0.29, 0.717) is 29.0 Å². The number of ether oxygens (including phenoxy) is 1. The first-order chi connectivity index (χ1) is 15.2. The smallest absolute Gasteiger partial charge is 0.331 e. The van der Waals surface area contributed by atoms with Crippen molar-refractivity contribution in [3.63, 3.8) is 0 Å². The zero-order valence-corrected chi connectivity index (χ0v) is 18.1. The number of aryl methyl sites for hydroxylation is 2. The van der Waals surface area contributed by atoms with Crippen molar-refractivity contribution >= 4 is 35.2 Å². The maximum atomic E-state index is 13.6. The standard InChI is InChI=1S/C23H20ClF2N3O3/c1-14-3-5-16(6-4-14)12-29-23(24)18(15(2)28-29)8-10-22(31)32-13-21(30)27-20-9-7-17(25)11-19(20)26/h3-11H,12-13H2,1-2H3,(H,27,30)/b10-8+. The second-order valence-corrected chi connectivity index (χ2v) is 7.40. The summed E-state index contributed by atoms with van der Waals surface area (Å²) in [6, 6.07) is 10.7. The van der Waals surface area contributed by atoms with Crippen LogP contribution in [0.1, 0.15) is 22.4 Å². The summed E-state index contributed by atoms with van der Waals surface area (Å²) in [5.41, 5.74) is 3.13. The number of carbonyl (C=O) groups excluding carboxylic acids is 2. The fourth-order valence-electron chi connectivity index (χ4n) is 2.84. The Kier molecular flexibility index (Phi) is 7.37. The van der Waals surface area contributed by atoms with Gasteiger partial charge in [0.1, 0.15) is 16.8 Å². The fraction of sp³-hybridized carbons (Fsp3) is 0.174.